The molecule has 1 amide bonds. The molecule has 23 heavy (non-hydrogen) atoms. The summed E-state index contributed by atoms with van der Waals surface area (Å²) < 4.78 is 6.39. The highest BCUT2D eigenvalue weighted by molar-refractivity contribution is 9.10. The van der Waals surface area contributed by atoms with E-state index in [2.05, 4.69) is 21.2 Å². The molecule has 4 nitrogen and oxygen atoms in total. The highest BCUT2D eigenvalue weighted by atomic mass is 79.9. The van der Waals surface area contributed by atoms with E-state index >= 15 is 0 Å². The summed E-state index contributed by atoms with van der Waals surface area (Å²) in [5, 5.41) is 4.19. The number of nitrogens with zero attached hydrogens (tertiary/aromatic N) is 1. The Morgan fingerprint density at radius 1 is 1.48 bits per heavy atom. The molecule has 1 aromatic carbocycles. The molecule has 0 aliphatic carbocycles. The first kappa shape index (κ1) is 18.4. The first-order chi connectivity index (χ1) is 10.7. The Morgan fingerprint density at radius 2 is 2.17 bits per heavy atom. The Morgan fingerprint density at radius 3 is 2.78 bits per heavy atom. The van der Waals surface area contributed by atoms with Crippen LogP contribution in [0.3, 0.4) is 0 Å². The van der Waals surface area contributed by atoms with Crippen molar-refractivity contribution in [1.29, 1.82) is 0 Å². The minimum atomic E-state index is -0.446. The van der Waals surface area contributed by atoms with E-state index in [0.29, 0.717) is 5.92 Å². The number of nitrogens with one attached hydrogen (secondary N) is 1. The van der Waals surface area contributed by atoms with Crippen LogP contribution < -0.4 is 5.32 Å². The molecule has 2 rings (SSSR count). The van der Waals surface area contributed by atoms with Crippen molar-refractivity contribution in [2.24, 2.45) is 5.92 Å². The van der Waals surface area contributed by atoms with Crippen molar-refractivity contribution < 1.29 is 9.53 Å². The number of carbonyl (C=O) groups is 1. The zero-order valence-corrected chi connectivity index (χ0v) is 16.4. The summed E-state index contributed by atoms with van der Waals surface area (Å²) in [6.07, 6.45) is 0.764. The van der Waals surface area contributed by atoms with E-state index in [0.717, 1.165) is 46.8 Å². The van der Waals surface area contributed by atoms with Crippen molar-refractivity contribution in [3.8, 4) is 0 Å². The molecule has 1 fully saturated rings. The van der Waals surface area contributed by atoms with Gasteiger partial charge < -0.3 is 15.0 Å². The maximum atomic E-state index is 12.1. The molecule has 0 spiro atoms. The molecule has 1 heterocycles. The van der Waals surface area contributed by atoms with Gasteiger partial charge in [0.05, 0.1) is 5.69 Å². The first-order valence-corrected chi connectivity index (χ1v) is 9.00. The lowest BCUT2D eigenvalue weighted by molar-refractivity contribution is 0.0289. The fourth-order valence-electron chi connectivity index (χ4n) is 2.66. The quantitative estimate of drug-likeness (QED) is 0.765. The van der Waals surface area contributed by atoms with Gasteiger partial charge >= 0.3 is 6.09 Å². The Bertz CT molecular complexity index is 563. The van der Waals surface area contributed by atoms with Crippen molar-refractivity contribution in [1.82, 2.24) is 4.90 Å². The summed E-state index contributed by atoms with van der Waals surface area (Å²) >= 11 is 9.58. The molecule has 0 radical (unpaired) electrons. The summed E-state index contributed by atoms with van der Waals surface area (Å²) in [7, 11) is 0. The second kappa shape index (κ2) is 7.31. The molecule has 0 saturated carbocycles. The second-order valence-corrected chi connectivity index (χ2v) is 8.33. The molecule has 128 valence electrons. The minimum absolute atomic E-state index is 0.219. The van der Waals surface area contributed by atoms with Crippen LogP contribution >= 0.6 is 27.5 Å². The van der Waals surface area contributed by atoms with Crippen LogP contribution in [0.15, 0.2) is 16.6 Å². The van der Waals surface area contributed by atoms with Crippen LogP contribution in [0.25, 0.3) is 0 Å². The van der Waals surface area contributed by atoms with Crippen LogP contribution in [0.5, 0.6) is 0 Å². The summed E-state index contributed by atoms with van der Waals surface area (Å²) in [5.74, 6) is 0.421. The number of anilines is 1. The number of benzene rings is 1. The van der Waals surface area contributed by atoms with Gasteiger partial charge in [-0.15, -0.1) is 0 Å². The topological polar surface area (TPSA) is 41.6 Å². The molecular weight excluding hydrogens is 380 g/mol. The maximum absolute atomic E-state index is 12.1. The van der Waals surface area contributed by atoms with E-state index in [9.17, 15) is 4.79 Å². The van der Waals surface area contributed by atoms with E-state index < -0.39 is 5.60 Å². The van der Waals surface area contributed by atoms with Crippen LogP contribution in [0.1, 0.15) is 32.8 Å². The summed E-state index contributed by atoms with van der Waals surface area (Å²) in [5.41, 5.74) is 1.72. The lowest BCUT2D eigenvalue weighted by atomic mass is 10.1. The van der Waals surface area contributed by atoms with Crippen LogP contribution in [0, 0.1) is 12.8 Å². The average molecular weight is 404 g/mol. The molecular formula is C17H24BrClN2O2. The fraction of sp³-hybridized carbons (Fsp3) is 0.588. The van der Waals surface area contributed by atoms with Gasteiger partial charge in [0, 0.05) is 29.1 Å². The van der Waals surface area contributed by atoms with Gasteiger partial charge in [-0.3, -0.25) is 0 Å². The van der Waals surface area contributed by atoms with E-state index in [1.807, 2.05) is 39.8 Å². The summed E-state index contributed by atoms with van der Waals surface area (Å²) in [6, 6.07) is 3.83. The normalized spacial score (nSPS) is 18.2. The van der Waals surface area contributed by atoms with Gasteiger partial charge in [0.25, 0.3) is 0 Å². The van der Waals surface area contributed by atoms with Gasteiger partial charge in [-0.05, 0) is 73.7 Å². The van der Waals surface area contributed by atoms with Gasteiger partial charge in [0.1, 0.15) is 5.60 Å². The molecule has 1 aromatic rings. The van der Waals surface area contributed by atoms with Crippen molar-refractivity contribution in [3.63, 3.8) is 0 Å². The maximum Gasteiger partial charge on any atom is 0.410 e. The Labute approximate surface area is 151 Å². The molecule has 0 bridgehead atoms. The molecule has 1 atom stereocenters. The monoisotopic (exact) mass is 402 g/mol. The smallest absolute Gasteiger partial charge is 0.410 e. The Hall–Kier alpha value is -0.940. The molecule has 1 aliphatic rings. The van der Waals surface area contributed by atoms with E-state index in [1.54, 1.807) is 4.90 Å². The Balaban J connectivity index is 1.88. The van der Waals surface area contributed by atoms with E-state index in [-0.39, 0.29) is 6.09 Å². The number of aryl methyl sites for hydroxylation is 1. The van der Waals surface area contributed by atoms with E-state index in [1.165, 1.54) is 0 Å². The molecule has 0 unspecified atom stereocenters. The zero-order valence-electron chi connectivity index (χ0n) is 14.1. The number of hydrogen-bond acceptors (Lipinski definition) is 3. The lowest BCUT2D eigenvalue weighted by Crippen LogP contribution is -2.35. The van der Waals surface area contributed by atoms with Crippen LogP contribution in [-0.4, -0.2) is 36.2 Å². The number of hydrogen-bond donors (Lipinski definition) is 1. The molecule has 0 aromatic heterocycles. The third-order valence-electron chi connectivity index (χ3n) is 3.76. The first-order valence-electron chi connectivity index (χ1n) is 7.83. The summed E-state index contributed by atoms with van der Waals surface area (Å²) in [4.78, 5) is 13.9. The van der Waals surface area contributed by atoms with Gasteiger partial charge in [-0.1, -0.05) is 11.6 Å². The zero-order chi connectivity index (χ0) is 17.2. The third kappa shape index (κ3) is 5.28. The molecule has 1 N–H and O–H groups in total. The van der Waals surface area contributed by atoms with Crippen LogP contribution in [0.2, 0.25) is 5.02 Å². The molecule has 1 aliphatic heterocycles. The second-order valence-electron chi connectivity index (χ2n) is 7.04. The van der Waals surface area contributed by atoms with Crippen molar-refractivity contribution in [3.05, 3.63) is 27.2 Å². The SMILES string of the molecule is Cc1cc(Cl)cc(Br)c1NC[C@H]1CCN(C(=O)OC(C)(C)C)C1. The number of amides is 1. The average Bonchev–Trinajstić information content (AvgIpc) is 2.84. The number of halogens is 2. The third-order valence-corrected chi connectivity index (χ3v) is 4.60. The van der Waals surface area contributed by atoms with E-state index in [4.69, 9.17) is 16.3 Å². The van der Waals surface area contributed by atoms with Crippen molar-refractivity contribution >= 4 is 39.3 Å². The van der Waals surface area contributed by atoms with Gasteiger partial charge in [-0.2, -0.15) is 0 Å². The number of carbonyl (C=O) groups excluding carboxylic acids is 1. The van der Waals surface area contributed by atoms with Gasteiger partial charge in [0.15, 0.2) is 0 Å². The lowest BCUT2D eigenvalue weighted by Gasteiger charge is -2.24. The van der Waals surface area contributed by atoms with Crippen molar-refractivity contribution in [2.45, 2.75) is 39.7 Å². The molecule has 1 saturated heterocycles. The van der Waals surface area contributed by atoms with Gasteiger partial charge in [-0.25, -0.2) is 4.79 Å². The Kier molecular flexibility index (Phi) is 5.84. The van der Waals surface area contributed by atoms with Crippen molar-refractivity contribution in [2.75, 3.05) is 25.0 Å². The van der Waals surface area contributed by atoms with Crippen LogP contribution in [-0.2, 0) is 4.74 Å². The van der Waals surface area contributed by atoms with Gasteiger partial charge in [0.2, 0.25) is 0 Å². The fourth-order valence-corrected chi connectivity index (χ4v) is 3.77. The largest absolute Gasteiger partial charge is 0.444 e. The predicted molar refractivity (Wildman–Crippen MR) is 98.3 cm³/mol. The minimum Gasteiger partial charge on any atom is -0.444 e. The highest BCUT2D eigenvalue weighted by Crippen LogP contribution is 2.30. The number of likely N-dealkylation sites (tertiary alicyclic amines) is 1. The summed E-state index contributed by atoms with van der Waals surface area (Å²) in [6.45, 7) is 10.00. The predicted octanol–water partition coefficient (Wildman–Crippen LogP) is 5.08. The highest BCUT2D eigenvalue weighted by Gasteiger charge is 2.29. The number of rotatable bonds is 3. The van der Waals surface area contributed by atoms with Crippen LogP contribution in [0.4, 0.5) is 10.5 Å². The number of ether oxygens (including phenoxy) is 1. The standard InChI is InChI=1S/C17H24BrClN2O2/c1-11-7-13(19)8-14(18)15(11)20-9-12-5-6-21(10-12)16(22)23-17(2,3)4/h7-8,12,20H,5-6,9-10H2,1-4H3/t12-/m1/s1. The molecule has 6 heteroatoms.